The Hall–Kier alpha value is -4.45. The number of alkyl halides is 3. The Kier molecular flexibility index (Phi) is 12.5. The van der Waals surface area contributed by atoms with Crippen LogP contribution in [0.1, 0.15) is 58.6 Å². The lowest BCUT2D eigenvalue weighted by Crippen LogP contribution is -2.71. The van der Waals surface area contributed by atoms with Gasteiger partial charge in [0.1, 0.15) is 34.5 Å². The zero-order valence-corrected chi connectivity index (χ0v) is 30.9. The average molecular weight is 805 g/mol. The normalized spacial score (nSPS) is 19.4. The van der Waals surface area contributed by atoms with Gasteiger partial charge < -0.3 is 25.3 Å². The van der Waals surface area contributed by atoms with E-state index in [0.29, 0.717) is 54.4 Å². The molecule has 2 aliphatic heterocycles. The van der Waals surface area contributed by atoms with Gasteiger partial charge in [0.2, 0.25) is 5.16 Å². The van der Waals surface area contributed by atoms with Crippen molar-refractivity contribution in [1.29, 1.82) is 0 Å². The van der Waals surface area contributed by atoms with E-state index in [-0.39, 0.29) is 29.0 Å². The molecule has 3 aliphatic rings. The molecule has 4 amide bonds. The van der Waals surface area contributed by atoms with Crippen molar-refractivity contribution < 1.29 is 51.8 Å². The van der Waals surface area contributed by atoms with E-state index in [0.717, 1.165) is 17.7 Å². The molecule has 18 nitrogen and oxygen atoms in total. The van der Waals surface area contributed by atoms with E-state index in [2.05, 4.69) is 36.3 Å². The van der Waals surface area contributed by atoms with Crippen LogP contribution in [0.2, 0.25) is 0 Å². The molecule has 2 fully saturated rings. The fourth-order valence-electron chi connectivity index (χ4n) is 5.26. The van der Waals surface area contributed by atoms with Gasteiger partial charge in [-0.3, -0.25) is 24.6 Å². The van der Waals surface area contributed by atoms with Crippen LogP contribution in [0.25, 0.3) is 0 Å². The number of ether oxygens (including phenoxy) is 1. The van der Waals surface area contributed by atoms with Gasteiger partial charge >= 0.3 is 24.1 Å². The number of thiazole rings is 1. The molecule has 288 valence electrons. The molecule has 1 unspecified atom stereocenters. The summed E-state index contributed by atoms with van der Waals surface area (Å²) in [6.07, 6.45) is -2.45. The number of alkyl carbamates (subject to hydrolysis) is 1. The number of carboxylic acids is 1. The predicted molar refractivity (Wildman–Crippen MR) is 184 cm³/mol. The van der Waals surface area contributed by atoms with Crippen molar-refractivity contribution in [3.63, 3.8) is 0 Å². The van der Waals surface area contributed by atoms with Gasteiger partial charge in [-0.15, -0.1) is 28.2 Å². The minimum atomic E-state index is -5.16. The molecule has 1 saturated heterocycles. The highest BCUT2D eigenvalue weighted by Gasteiger charge is 2.54. The first-order valence-electron chi connectivity index (χ1n) is 16.2. The van der Waals surface area contributed by atoms with Crippen molar-refractivity contribution in [3.05, 3.63) is 22.3 Å². The second-order valence-electron chi connectivity index (χ2n) is 12.8. The highest BCUT2D eigenvalue weighted by molar-refractivity contribution is 8.01. The Morgan fingerprint density at radius 1 is 1.17 bits per heavy atom. The van der Waals surface area contributed by atoms with Gasteiger partial charge in [-0.05, 0) is 68.9 Å². The number of hydrogen-bond acceptors (Lipinski definition) is 15. The number of β-lactam (4-membered cyclic amide) rings is 1. The van der Waals surface area contributed by atoms with Crippen molar-refractivity contribution in [3.8, 4) is 0 Å². The number of rotatable bonds is 14. The maximum Gasteiger partial charge on any atom is 0.471 e. The number of tetrazole rings is 1. The van der Waals surface area contributed by atoms with Crippen molar-refractivity contribution in [2.75, 3.05) is 23.4 Å². The van der Waals surface area contributed by atoms with Gasteiger partial charge in [-0.25, -0.2) is 19.3 Å². The van der Waals surface area contributed by atoms with Crippen molar-refractivity contribution in [2.24, 2.45) is 5.16 Å². The van der Waals surface area contributed by atoms with Crippen LogP contribution in [0.3, 0.4) is 0 Å². The maximum atomic E-state index is 13.5. The Labute approximate surface area is 312 Å². The highest BCUT2D eigenvalue weighted by Crippen LogP contribution is 2.41. The second kappa shape index (κ2) is 16.7. The maximum absolute atomic E-state index is 13.5. The number of carbonyl (C=O) groups is 5. The lowest BCUT2D eigenvalue weighted by Gasteiger charge is -2.49. The van der Waals surface area contributed by atoms with Crippen molar-refractivity contribution in [1.82, 2.24) is 40.7 Å². The minimum absolute atomic E-state index is 0.130. The molecule has 2 atom stereocenters. The summed E-state index contributed by atoms with van der Waals surface area (Å²) in [5.41, 5.74) is -1.08. The monoisotopic (exact) mass is 804 g/mol. The van der Waals surface area contributed by atoms with E-state index < -0.39 is 63.8 Å². The molecular formula is C29H35F3N10O8S3. The van der Waals surface area contributed by atoms with E-state index in [1.165, 1.54) is 33.6 Å². The lowest BCUT2D eigenvalue weighted by molar-refractivity contribution is -0.167. The molecule has 1 saturated carbocycles. The summed E-state index contributed by atoms with van der Waals surface area (Å²) < 4.78 is 45.0. The van der Waals surface area contributed by atoms with Gasteiger partial charge in [0.15, 0.2) is 10.8 Å². The number of oxime groups is 1. The van der Waals surface area contributed by atoms with Crippen molar-refractivity contribution in [2.45, 2.75) is 93.9 Å². The standard InChI is InChI=1S/C29H35F3N10O8S3/c1-28(2,3)49-27(48)33-9-6-10-41-26(37-39-40-41)53-12-14-11-51-22-18(21(44)42(22)19(14)23(45)46)35-20(43)17(38-50-15-7-4-5-8-15)16-13-52-25(34-16)36-24(47)29(30,31)32/h13,15,18,22H,4-12H2,1-3H3,(H,33,48)(H,35,43)(H,45,46)(H,34,36,47)/t18?,22-/m1/s1. The van der Waals surface area contributed by atoms with Crippen LogP contribution in [-0.2, 0) is 35.3 Å². The Balaban J connectivity index is 1.22. The second-order valence-corrected chi connectivity index (χ2v) is 15.7. The Morgan fingerprint density at radius 2 is 1.91 bits per heavy atom. The van der Waals surface area contributed by atoms with E-state index in [1.54, 1.807) is 26.1 Å². The fourth-order valence-corrected chi connectivity index (χ4v) is 8.34. The van der Waals surface area contributed by atoms with Gasteiger partial charge in [0.25, 0.3) is 11.8 Å². The minimum Gasteiger partial charge on any atom is -0.477 e. The first-order chi connectivity index (χ1) is 25.0. The van der Waals surface area contributed by atoms with E-state index in [9.17, 15) is 42.3 Å². The number of aryl methyl sites for hydroxylation is 1. The number of carbonyl (C=O) groups excluding carboxylic acids is 4. The summed E-state index contributed by atoms with van der Waals surface area (Å²) in [4.78, 5) is 73.1. The van der Waals surface area contributed by atoms with Crippen LogP contribution in [0, 0.1) is 0 Å². The number of aliphatic carboxylic acids is 1. The predicted octanol–water partition coefficient (Wildman–Crippen LogP) is 2.74. The van der Waals surface area contributed by atoms with Crippen LogP contribution >= 0.6 is 34.9 Å². The summed E-state index contributed by atoms with van der Waals surface area (Å²) in [5, 5.41) is 32.9. The summed E-state index contributed by atoms with van der Waals surface area (Å²) in [6.45, 7) is 5.90. The quantitative estimate of drug-likeness (QED) is 0.0708. The molecule has 2 aromatic heterocycles. The Bertz CT molecular complexity index is 1790. The first-order valence-corrected chi connectivity index (χ1v) is 19.1. The number of nitrogens with one attached hydrogen (secondary N) is 3. The number of anilines is 1. The van der Waals surface area contributed by atoms with Gasteiger partial charge in [-0.1, -0.05) is 16.9 Å². The summed E-state index contributed by atoms with van der Waals surface area (Å²) in [7, 11) is 0. The van der Waals surface area contributed by atoms with Crippen LogP contribution in [0.5, 0.6) is 0 Å². The van der Waals surface area contributed by atoms with E-state index >= 15 is 0 Å². The SMILES string of the molecule is CC(C)(C)OC(=O)NCCCn1nnnc1SCC1=C(C(=O)O)N2C(=O)C(NC(=O)C(=NOC3CCCC3)c3csc(NC(=O)C(F)(F)F)n3)[C@H]2SC1. The number of amides is 4. The van der Waals surface area contributed by atoms with E-state index in [4.69, 9.17) is 9.57 Å². The van der Waals surface area contributed by atoms with Gasteiger partial charge in [0.05, 0.1) is 0 Å². The molecule has 0 bridgehead atoms. The molecule has 24 heteroatoms. The van der Waals surface area contributed by atoms with Crippen LogP contribution in [0.15, 0.2) is 27.0 Å². The molecular weight excluding hydrogens is 770 g/mol. The van der Waals surface area contributed by atoms with Crippen LogP contribution in [-0.4, -0.2) is 118 Å². The number of nitrogens with zero attached hydrogens (tertiary/aromatic N) is 7. The molecule has 0 spiro atoms. The summed E-state index contributed by atoms with van der Waals surface area (Å²) in [6, 6.07) is -1.17. The molecule has 2 aromatic rings. The smallest absolute Gasteiger partial charge is 0.471 e. The van der Waals surface area contributed by atoms with Gasteiger partial charge in [0, 0.05) is 30.0 Å². The molecule has 1 aliphatic carbocycles. The third-order valence-corrected chi connectivity index (χ3v) is 10.8. The third kappa shape index (κ3) is 10.2. The number of fused-ring (bicyclic) bond motifs is 1. The zero-order valence-electron chi connectivity index (χ0n) is 28.5. The topological polar surface area (TPSA) is 232 Å². The largest absolute Gasteiger partial charge is 0.477 e. The highest BCUT2D eigenvalue weighted by atomic mass is 32.2. The number of carboxylic acid groups (broad SMARTS) is 1. The molecule has 0 radical (unpaired) electrons. The Morgan fingerprint density at radius 3 is 2.58 bits per heavy atom. The molecule has 5 rings (SSSR count). The van der Waals surface area contributed by atoms with Crippen molar-refractivity contribution >= 4 is 75.5 Å². The number of halogens is 3. The van der Waals surface area contributed by atoms with E-state index in [1.807, 2.05) is 0 Å². The zero-order chi connectivity index (χ0) is 38.5. The average Bonchev–Trinajstić information content (AvgIpc) is 3.86. The molecule has 4 N–H and O–H groups in total. The van der Waals surface area contributed by atoms with Crippen LogP contribution < -0.4 is 16.0 Å². The summed E-state index contributed by atoms with van der Waals surface area (Å²) >= 11 is 3.01. The van der Waals surface area contributed by atoms with Crippen LogP contribution in [0.4, 0.5) is 23.1 Å². The third-order valence-electron chi connectivity index (χ3n) is 7.66. The lowest BCUT2D eigenvalue weighted by atomic mass is 10.0. The number of hydrogen-bond donors (Lipinski definition) is 4. The number of aromatic nitrogens is 5. The molecule has 4 heterocycles. The van der Waals surface area contributed by atoms with Gasteiger partial charge in [-0.2, -0.15) is 13.2 Å². The first kappa shape index (κ1) is 39.8. The molecule has 0 aromatic carbocycles. The fraction of sp³-hybridized carbons (Fsp3) is 0.586. The summed E-state index contributed by atoms with van der Waals surface area (Å²) in [5.74, 6) is -4.91. The molecule has 53 heavy (non-hydrogen) atoms. The number of thioether (sulfide) groups is 2.